The predicted octanol–water partition coefficient (Wildman–Crippen LogP) is 10.7. The Morgan fingerprint density at radius 2 is 1.15 bits per heavy atom. The first-order valence-electron chi connectivity index (χ1n) is 17.8. The fraction of sp³-hybridized carbons (Fsp3) is 0.857. The van der Waals surface area contributed by atoms with Gasteiger partial charge in [0.05, 0.1) is 19.8 Å². The molecule has 0 amide bonds. The summed E-state index contributed by atoms with van der Waals surface area (Å²) in [4.78, 5) is 2.30. The number of nitrogens with one attached hydrogen (secondary N) is 1. The van der Waals surface area contributed by atoms with Gasteiger partial charge in [-0.05, 0) is 59.1 Å². The molecule has 4 aliphatic rings. The molecule has 0 saturated carbocycles. The summed E-state index contributed by atoms with van der Waals surface area (Å²) in [7, 11) is 2.13. The number of morpholine rings is 1. The van der Waals surface area contributed by atoms with Crippen LogP contribution in [0.15, 0.2) is 18.5 Å². The van der Waals surface area contributed by atoms with Crippen molar-refractivity contribution in [3.8, 4) is 0 Å². The van der Waals surface area contributed by atoms with Gasteiger partial charge in [-0.3, -0.25) is 4.68 Å². The quantitative estimate of drug-likeness (QED) is 0.295. The Bertz CT molecular complexity index is 640. The number of likely N-dealkylation sites (N-methyl/N-ethyl adjacent to an activating group) is 1. The van der Waals surface area contributed by atoms with E-state index in [2.05, 4.69) is 72.9 Å². The standard InChI is InChI=1S/C9H18O2.C6H10N2.C5H11N2.C4H9N2.C4H8NO.3C3H7.5CH4.3Y/c1-8(2)4-10-5-9(3)6-11-7-9;1-6(2)8-5-3-4-7-8;1-7-4-2-6-3-5-7;1-2-6-4-3-5-1;1-3-6-4-2-5-1;3*1-3-2;;;;;;;;/h8H,4-7H2,1-3H3;3-6H,1-2H3;2-5H2,1H3;5H,1-4H2;1-4H2;3*3H,1-2H3;5*1H4;;;/q;;6*-1;;;;;;;;. The normalized spacial score (nSPS) is 15.3. The van der Waals surface area contributed by atoms with Crippen molar-refractivity contribution < 1.29 is 112 Å². The van der Waals surface area contributed by atoms with Gasteiger partial charge in [-0.25, -0.2) is 0 Å². The van der Waals surface area contributed by atoms with Crippen LogP contribution in [0.5, 0.6) is 0 Å². The zero-order valence-corrected chi connectivity index (χ0v) is 43.1. The topological polar surface area (TPSA) is 103 Å². The number of hydrogen-bond donors (Lipinski definition) is 1. The molecule has 13 heteroatoms. The molecule has 0 aliphatic carbocycles. The van der Waals surface area contributed by atoms with Gasteiger partial charge >= 0.3 is 0 Å². The van der Waals surface area contributed by atoms with Gasteiger partial charge in [0.1, 0.15) is 0 Å². The van der Waals surface area contributed by atoms with Crippen molar-refractivity contribution in [3.05, 3.63) is 53.7 Å². The minimum Gasteiger partial charge on any atom is -0.660 e. The van der Waals surface area contributed by atoms with E-state index in [0.717, 1.165) is 105 Å². The predicted molar refractivity (Wildman–Crippen MR) is 238 cm³/mol. The minimum atomic E-state index is 0. The molecule has 55 heavy (non-hydrogen) atoms. The summed E-state index contributed by atoms with van der Waals surface area (Å²) in [5.41, 5.74) is 0.314. The number of nitrogens with zero attached hydrogens (tertiary/aromatic N) is 6. The Morgan fingerprint density at radius 1 is 0.727 bits per heavy atom. The van der Waals surface area contributed by atoms with E-state index >= 15 is 0 Å². The monoisotopic (exact) mass is 1010 g/mol. The Hall–Kier alpha value is 2.20. The molecule has 0 spiro atoms. The molecule has 5 rings (SSSR count). The molecule has 5 heterocycles. The SMILES string of the molecule is C.C.C.C.C.C1CNCC[N-]1.C1COCC[N-]1.CC(C)COCC1(C)COC1.CC(C)n1cccn1.CN1CC[N-]CC1.C[CH-]C.C[CH-]C.C[CH-]C.[Y].[Y].[Y]. The fourth-order valence-electron chi connectivity index (χ4n) is 3.39. The van der Waals surface area contributed by atoms with Crippen molar-refractivity contribution in [2.75, 3.05) is 112 Å². The van der Waals surface area contributed by atoms with Gasteiger partial charge in [0, 0.05) is 142 Å². The van der Waals surface area contributed by atoms with Crippen molar-refractivity contribution in [1.29, 1.82) is 0 Å². The van der Waals surface area contributed by atoms with Gasteiger partial charge in [0.15, 0.2) is 0 Å². The van der Waals surface area contributed by atoms with Crippen molar-refractivity contribution in [3.63, 3.8) is 0 Å². The Kier molecular flexibility index (Phi) is 105. The molecule has 1 aromatic heterocycles. The maximum Gasteiger partial charge on any atom is 0.0564 e. The maximum absolute atomic E-state index is 5.52. The van der Waals surface area contributed by atoms with E-state index in [1.54, 1.807) is 6.20 Å². The second-order valence-electron chi connectivity index (χ2n) is 12.7. The van der Waals surface area contributed by atoms with Crippen molar-refractivity contribution in [2.24, 2.45) is 11.3 Å². The second kappa shape index (κ2) is 68.0. The van der Waals surface area contributed by atoms with Crippen LogP contribution in [0.4, 0.5) is 0 Å². The third kappa shape index (κ3) is 71.1. The molecule has 333 valence electrons. The zero-order valence-electron chi connectivity index (χ0n) is 34.6. The molecule has 0 atom stereocenters. The molecule has 10 nitrogen and oxygen atoms in total. The molecule has 1 aromatic rings. The Balaban J connectivity index is -0.0000000453. The van der Waals surface area contributed by atoms with E-state index < -0.39 is 0 Å². The number of ether oxygens (including phenoxy) is 3. The minimum absolute atomic E-state index is 0. The zero-order chi connectivity index (χ0) is 36.0. The van der Waals surface area contributed by atoms with E-state index in [1.807, 2.05) is 77.7 Å². The first-order valence-corrected chi connectivity index (χ1v) is 17.8. The number of aromatic nitrogens is 2. The average molecular weight is 1020 g/mol. The van der Waals surface area contributed by atoms with Crippen LogP contribution in [-0.2, 0) is 112 Å². The number of piperazine rings is 2. The molecule has 0 aromatic carbocycles. The van der Waals surface area contributed by atoms with Crippen molar-refractivity contribution in [1.82, 2.24) is 20.0 Å². The first-order chi connectivity index (χ1) is 22.6. The van der Waals surface area contributed by atoms with Crippen LogP contribution < -0.4 is 5.32 Å². The van der Waals surface area contributed by atoms with E-state index in [4.69, 9.17) is 14.2 Å². The molecule has 0 unspecified atom stereocenters. The van der Waals surface area contributed by atoms with E-state index in [9.17, 15) is 0 Å². The number of hydrogen-bond acceptors (Lipinski definition) is 6. The summed E-state index contributed by atoms with van der Waals surface area (Å²) in [5.74, 6) is 0.639. The summed E-state index contributed by atoms with van der Waals surface area (Å²) < 4.78 is 17.5. The number of rotatable bonds is 5. The molecule has 3 radical (unpaired) electrons. The molecule has 4 fully saturated rings. The van der Waals surface area contributed by atoms with E-state index in [-0.39, 0.29) is 135 Å². The van der Waals surface area contributed by atoms with Gasteiger partial charge in [0.2, 0.25) is 0 Å². The fourth-order valence-corrected chi connectivity index (χ4v) is 3.39. The molecular weight excluding hydrogens is 917 g/mol. The first kappa shape index (κ1) is 84.6. The van der Waals surface area contributed by atoms with Gasteiger partial charge in [0.25, 0.3) is 0 Å². The van der Waals surface area contributed by atoms with Crippen LogP contribution in [0.2, 0.25) is 0 Å². The van der Waals surface area contributed by atoms with Crippen molar-refractivity contribution in [2.45, 2.75) is 119 Å². The Morgan fingerprint density at radius 3 is 1.33 bits per heavy atom. The van der Waals surface area contributed by atoms with E-state index in [0.29, 0.717) is 17.4 Å². The molecule has 4 aliphatic heterocycles. The summed E-state index contributed by atoms with van der Waals surface area (Å²) in [6.45, 7) is 38.2. The van der Waals surface area contributed by atoms with Gasteiger partial charge in [-0.2, -0.15) is 46.6 Å². The van der Waals surface area contributed by atoms with Crippen LogP contribution in [0, 0.1) is 30.6 Å². The summed E-state index contributed by atoms with van der Waals surface area (Å²) in [5, 5.41) is 19.6. The second-order valence-corrected chi connectivity index (χ2v) is 12.7. The third-order valence-electron chi connectivity index (χ3n) is 5.82. The Labute approximate surface area is 424 Å². The average Bonchev–Trinajstić information content (AvgIpc) is 3.61. The van der Waals surface area contributed by atoms with E-state index in [1.165, 1.54) is 0 Å². The van der Waals surface area contributed by atoms with Gasteiger partial charge in [-0.15, -0.1) is 39.3 Å². The van der Waals surface area contributed by atoms with Crippen LogP contribution in [-0.4, -0.2) is 127 Å². The van der Waals surface area contributed by atoms with Gasteiger partial charge in [-0.1, -0.05) is 57.9 Å². The summed E-state index contributed by atoms with van der Waals surface area (Å²) in [6, 6.07) is 2.42. The molecular formula is C42H97N7O3Y3-6. The van der Waals surface area contributed by atoms with Crippen LogP contribution >= 0.6 is 0 Å². The smallest absolute Gasteiger partial charge is 0.0564 e. The van der Waals surface area contributed by atoms with Crippen LogP contribution in [0.3, 0.4) is 0 Å². The van der Waals surface area contributed by atoms with Crippen LogP contribution in [0.25, 0.3) is 16.0 Å². The maximum atomic E-state index is 5.52. The van der Waals surface area contributed by atoms with Crippen LogP contribution in [0.1, 0.15) is 119 Å². The summed E-state index contributed by atoms with van der Waals surface area (Å²) >= 11 is 0. The van der Waals surface area contributed by atoms with Gasteiger partial charge < -0.3 is 59.6 Å². The molecule has 4 saturated heterocycles. The summed E-state index contributed by atoms with van der Waals surface area (Å²) in [6.07, 6.45) is 9.75. The van der Waals surface area contributed by atoms with Crippen molar-refractivity contribution >= 4 is 0 Å². The third-order valence-corrected chi connectivity index (χ3v) is 5.82. The molecule has 1 N–H and O–H groups in total. The largest absolute Gasteiger partial charge is 0.660 e. The molecule has 0 bridgehead atoms.